The molecule has 1 heterocycles. The molecule has 2 rings (SSSR count). The number of carbonyl (C=O) groups excluding carboxylic acids is 8. The molecule has 0 unspecified atom stereocenters. The summed E-state index contributed by atoms with van der Waals surface area (Å²) in [4.78, 5) is 116. The zero-order chi connectivity index (χ0) is 56.5. The second-order valence-electron chi connectivity index (χ2n) is 17.2. The molecule has 0 saturated carbocycles. The Morgan fingerprint density at radius 3 is 1.48 bits per heavy atom. The Labute approximate surface area is 447 Å². The summed E-state index contributed by atoms with van der Waals surface area (Å²) in [5.74, 6) is -7.07. The van der Waals surface area contributed by atoms with Gasteiger partial charge in [0.05, 0.1) is 138 Å². The van der Waals surface area contributed by atoms with Gasteiger partial charge in [-0.15, -0.1) is 0 Å². The first-order valence-electron chi connectivity index (χ1n) is 24.9. The molecular weight excluding hydrogens is 1020 g/mol. The number of hydrogen-bond donors (Lipinski definition) is 6. The van der Waals surface area contributed by atoms with E-state index in [0.717, 1.165) is 17.1 Å². The van der Waals surface area contributed by atoms with Crippen molar-refractivity contribution in [2.75, 3.05) is 165 Å². The summed E-state index contributed by atoms with van der Waals surface area (Å²) in [5.41, 5.74) is -0.328. The number of aliphatic carboxylic acids is 1. The molecule has 0 saturated heterocycles. The van der Waals surface area contributed by atoms with Crippen molar-refractivity contribution in [3.63, 3.8) is 0 Å². The highest BCUT2D eigenvalue weighted by atomic mass is 16.6. The molecule has 1 aromatic rings. The fraction of sp³-hybridized carbons (Fsp3) is 0.653. The number of imide groups is 1. The number of ether oxygens (including phenoxy) is 11. The summed E-state index contributed by atoms with van der Waals surface area (Å²) in [6, 6.07) is 5.73. The van der Waals surface area contributed by atoms with Crippen LogP contribution in [-0.2, 0) is 96.9 Å². The van der Waals surface area contributed by atoms with E-state index < -0.39 is 111 Å². The van der Waals surface area contributed by atoms with Crippen LogP contribution in [-0.4, -0.2) is 251 Å². The molecule has 8 amide bonds. The van der Waals surface area contributed by atoms with Gasteiger partial charge in [-0.05, 0) is 26.3 Å². The Bertz CT molecular complexity index is 1940. The Hall–Kier alpha value is -6.21. The Morgan fingerprint density at radius 1 is 0.571 bits per heavy atom. The average Bonchev–Trinajstić information content (AvgIpc) is 3.73. The molecule has 0 spiro atoms. The number of rotatable bonds is 45. The van der Waals surface area contributed by atoms with E-state index in [-0.39, 0.29) is 39.4 Å². The van der Waals surface area contributed by atoms with Gasteiger partial charge in [-0.1, -0.05) is 30.3 Å². The van der Waals surface area contributed by atoms with Crippen molar-refractivity contribution in [2.24, 2.45) is 0 Å². The molecule has 28 nitrogen and oxygen atoms in total. The van der Waals surface area contributed by atoms with E-state index in [0.29, 0.717) is 96.4 Å². The van der Waals surface area contributed by atoms with Crippen LogP contribution in [0.3, 0.4) is 0 Å². The minimum Gasteiger partial charge on any atom is -0.480 e. The highest BCUT2D eigenvalue weighted by Gasteiger charge is 2.39. The Kier molecular flexibility index (Phi) is 35.6. The van der Waals surface area contributed by atoms with Gasteiger partial charge in [-0.25, -0.2) is 9.59 Å². The molecule has 1 aliphatic heterocycles. The summed E-state index contributed by atoms with van der Waals surface area (Å²) in [6.07, 6.45) is 1.02. The average molecular weight is 1100 g/mol. The molecule has 0 aromatic heterocycles. The normalized spacial score (nSPS) is 13.0. The lowest BCUT2D eigenvalue weighted by atomic mass is 10.1. The monoisotopic (exact) mass is 1100 g/mol. The maximum Gasteiger partial charge on any atom is 0.410 e. The number of methoxy groups -OCH3 is 1. The summed E-state index contributed by atoms with van der Waals surface area (Å²) in [7, 11) is 1.62. The van der Waals surface area contributed by atoms with Gasteiger partial charge in [-0.3, -0.25) is 38.5 Å². The predicted molar refractivity (Wildman–Crippen MR) is 269 cm³/mol. The molecule has 2 atom stereocenters. The second-order valence-corrected chi connectivity index (χ2v) is 17.2. The van der Waals surface area contributed by atoms with Crippen LogP contribution in [0.15, 0.2) is 42.5 Å². The van der Waals surface area contributed by atoms with Crippen molar-refractivity contribution in [1.29, 1.82) is 0 Å². The fourth-order valence-electron chi connectivity index (χ4n) is 6.21. The molecule has 0 radical (unpaired) electrons. The topological polar surface area (TPSA) is 342 Å². The van der Waals surface area contributed by atoms with Crippen molar-refractivity contribution in [3.8, 4) is 0 Å². The minimum atomic E-state index is -1.64. The molecule has 0 bridgehead atoms. The standard InChI is InChI=1S/C49H77N7O21/c1-49(2,3)77-48(66)55(12-13-68-16-17-70-20-21-72-24-25-74-28-29-75-27-26-73-23-22-71-19-18-69-15-14-67-4)34-39(56-43(60)10-11-44(56)61)47(65)52-31-40(57)50-33-42(59)54-38(30-37-8-6-5-7-9-37)46(64)51-32-41(58)53-36-76-35-45(62)63/h5-11,38-39H,12-36H2,1-4H3,(H,50,57)(H,51,64)(H,52,65)(H,53,58)(H,54,59)(H,62,63)/t38-,39-/m0/s1. The fourth-order valence-corrected chi connectivity index (χ4v) is 6.21. The van der Waals surface area contributed by atoms with Gasteiger partial charge in [0.1, 0.15) is 31.0 Å². The summed E-state index contributed by atoms with van der Waals surface area (Å²) >= 11 is 0. The molecule has 1 aromatic carbocycles. The van der Waals surface area contributed by atoms with Gasteiger partial charge in [0.25, 0.3) is 11.8 Å². The Morgan fingerprint density at radius 2 is 1.01 bits per heavy atom. The number of benzene rings is 1. The Balaban J connectivity index is 1.78. The van der Waals surface area contributed by atoms with Gasteiger partial charge in [0.2, 0.25) is 29.5 Å². The van der Waals surface area contributed by atoms with E-state index in [1.165, 1.54) is 0 Å². The summed E-state index contributed by atoms with van der Waals surface area (Å²) < 4.78 is 59.0. The molecule has 28 heteroatoms. The van der Waals surface area contributed by atoms with Gasteiger partial charge in [-0.2, -0.15) is 0 Å². The van der Waals surface area contributed by atoms with Crippen LogP contribution in [0.2, 0.25) is 0 Å². The number of amides is 8. The number of nitrogens with one attached hydrogen (secondary N) is 5. The molecule has 434 valence electrons. The largest absolute Gasteiger partial charge is 0.480 e. The van der Waals surface area contributed by atoms with Crippen LogP contribution in [0.1, 0.15) is 26.3 Å². The van der Waals surface area contributed by atoms with Crippen LogP contribution in [0.25, 0.3) is 0 Å². The summed E-state index contributed by atoms with van der Waals surface area (Å²) in [5, 5.41) is 20.4. The first-order valence-corrected chi connectivity index (χ1v) is 24.9. The van der Waals surface area contributed by atoms with E-state index in [2.05, 4.69) is 26.6 Å². The first-order chi connectivity index (χ1) is 37.0. The summed E-state index contributed by atoms with van der Waals surface area (Å²) in [6.45, 7) is 7.37. The van der Waals surface area contributed by atoms with Crippen LogP contribution in [0.5, 0.6) is 0 Å². The number of hydrogen-bond acceptors (Lipinski definition) is 20. The van der Waals surface area contributed by atoms with Crippen molar-refractivity contribution >= 4 is 53.4 Å². The lowest BCUT2D eigenvalue weighted by Crippen LogP contribution is -2.57. The van der Waals surface area contributed by atoms with Crippen LogP contribution in [0, 0.1) is 0 Å². The third-order valence-corrected chi connectivity index (χ3v) is 9.87. The molecule has 0 fully saturated rings. The lowest BCUT2D eigenvalue weighted by Gasteiger charge is -2.32. The van der Waals surface area contributed by atoms with Crippen molar-refractivity contribution in [2.45, 2.75) is 44.9 Å². The third kappa shape index (κ3) is 33.5. The minimum absolute atomic E-state index is 0.00599. The van der Waals surface area contributed by atoms with Gasteiger partial charge in [0.15, 0.2) is 0 Å². The number of carbonyl (C=O) groups is 9. The quantitative estimate of drug-likeness (QED) is 0.0224. The SMILES string of the molecule is COCCOCCOCCOCCOCCOCCOCCOCCOCCN(C[C@@H](C(=O)NCC(=O)NCC(=O)N[C@@H](Cc1ccccc1)C(=O)NCC(=O)NCOCC(=O)O)N1C(=O)C=CC1=O)C(=O)OC(C)(C)C. The zero-order valence-corrected chi connectivity index (χ0v) is 44.4. The molecule has 1 aliphatic rings. The van der Waals surface area contributed by atoms with Gasteiger partial charge >= 0.3 is 12.1 Å². The molecular formula is C49H77N7O21. The van der Waals surface area contributed by atoms with Crippen LogP contribution >= 0.6 is 0 Å². The highest BCUT2D eigenvalue weighted by molar-refractivity contribution is 6.15. The predicted octanol–water partition coefficient (Wildman–Crippen LogP) is -2.45. The van der Waals surface area contributed by atoms with E-state index >= 15 is 0 Å². The molecule has 6 N–H and O–H groups in total. The van der Waals surface area contributed by atoms with Crippen LogP contribution < -0.4 is 26.6 Å². The smallest absolute Gasteiger partial charge is 0.410 e. The van der Waals surface area contributed by atoms with Crippen molar-refractivity contribution in [3.05, 3.63) is 48.0 Å². The van der Waals surface area contributed by atoms with E-state index in [9.17, 15) is 43.2 Å². The number of carboxylic acid groups (broad SMARTS) is 1. The maximum atomic E-state index is 13.7. The third-order valence-electron chi connectivity index (χ3n) is 9.87. The van der Waals surface area contributed by atoms with E-state index in [1.54, 1.807) is 58.2 Å². The lowest BCUT2D eigenvalue weighted by molar-refractivity contribution is -0.146. The van der Waals surface area contributed by atoms with Gasteiger partial charge < -0.3 is 88.7 Å². The zero-order valence-electron chi connectivity index (χ0n) is 44.4. The van der Waals surface area contributed by atoms with E-state index in [1.807, 2.05) is 0 Å². The van der Waals surface area contributed by atoms with Crippen molar-refractivity contribution in [1.82, 2.24) is 36.4 Å². The number of carboxylic acids is 1. The maximum absolute atomic E-state index is 13.7. The molecule has 77 heavy (non-hydrogen) atoms. The first kappa shape index (κ1) is 66.9. The van der Waals surface area contributed by atoms with Gasteiger partial charge in [0, 0.05) is 32.2 Å². The van der Waals surface area contributed by atoms with E-state index in [4.69, 9.17) is 57.2 Å². The molecule has 0 aliphatic carbocycles. The van der Waals surface area contributed by atoms with Crippen LogP contribution in [0.4, 0.5) is 4.79 Å². The number of nitrogens with zero attached hydrogens (tertiary/aromatic N) is 2. The van der Waals surface area contributed by atoms with Crippen molar-refractivity contribution < 1.29 is 100 Å². The second kappa shape index (κ2) is 41.0. The highest BCUT2D eigenvalue weighted by Crippen LogP contribution is 2.15.